The summed E-state index contributed by atoms with van der Waals surface area (Å²) in [7, 11) is 0. The highest BCUT2D eigenvalue weighted by Gasteiger charge is 2.30. The third-order valence-corrected chi connectivity index (χ3v) is 10.9. The van der Waals surface area contributed by atoms with Crippen LogP contribution in [-0.4, -0.2) is 57.3 Å². The molecule has 11 heteroatoms. The monoisotopic (exact) mass is 745 g/mol. The number of H-pyrrole nitrogens is 1. The van der Waals surface area contributed by atoms with Gasteiger partial charge in [-0.25, -0.2) is 9.97 Å². The number of hydrogen-bond donors (Lipinski definition) is 3. The van der Waals surface area contributed by atoms with Crippen LogP contribution in [0.25, 0.3) is 33.4 Å². The van der Waals surface area contributed by atoms with Crippen molar-refractivity contribution in [3.8, 4) is 22.5 Å². The Bertz CT molecular complexity index is 2250. The van der Waals surface area contributed by atoms with Crippen molar-refractivity contribution in [2.75, 3.05) is 29.9 Å². The van der Waals surface area contributed by atoms with Crippen LogP contribution in [0.3, 0.4) is 0 Å². The molecule has 0 spiro atoms. The lowest BCUT2D eigenvalue weighted by atomic mass is 9.99. The van der Waals surface area contributed by atoms with E-state index in [0.29, 0.717) is 27.5 Å². The molecule has 3 aromatic carbocycles. The number of nitrogens with zero attached hydrogens (tertiary/aromatic N) is 4. The Kier molecular flexibility index (Phi) is 9.96. The minimum absolute atomic E-state index is 0.0965. The van der Waals surface area contributed by atoms with Crippen LogP contribution in [0.1, 0.15) is 54.7 Å². The average molecular weight is 747 g/mol. The molecular formula is C42H41Cl2N7O2. The van der Waals surface area contributed by atoms with Gasteiger partial charge >= 0.3 is 0 Å². The normalized spacial score (nSPS) is 16.9. The first-order valence-electron chi connectivity index (χ1n) is 18.1. The zero-order valence-electron chi connectivity index (χ0n) is 29.5. The van der Waals surface area contributed by atoms with Crippen LogP contribution >= 0.6 is 23.2 Å². The Balaban J connectivity index is 1.14. The predicted octanol–water partition coefficient (Wildman–Crippen LogP) is 9.51. The van der Waals surface area contributed by atoms with Crippen molar-refractivity contribution < 1.29 is 9.53 Å². The summed E-state index contributed by atoms with van der Waals surface area (Å²) in [4.78, 5) is 30.1. The van der Waals surface area contributed by atoms with Crippen molar-refractivity contribution in [2.45, 2.75) is 50.8 Å². The molecule has 2 aliphatic rings. The standard InChI is InChI=1S/C42H41Cl2N7O2/c1-26(36-11-7-23-53-36)47-32-18-21-50(22-19-32)41-34(10-6-20-45-41)49-42(52)39-37(33-17-16-31(44)24-35(33)48-39)40-38(29-8-4-3-5-9-29)46-25-51(40)27(2)28-12-14-30(43)15-13-28/h3-6,8-10,12-17,20,24-25,27,32,36,47-48H,1,7,11,18-19,21-23H2,2H3,(H,49,52)/t27?,36-/m0/s1. The molecule has 6 aromatic rings. The van der Waals surface area contributed by atoms with Crippen molar-refractivity contribution >= 4 is 51.5 Å². The molecular weight excluding hydrogens is 705 g/mol. The molecule has 9 nitrogen and oxygen atoms in total. The zero-order valence-corrected chi connectivity index (χ0v) is 31.0. The van der Waals surface area contributed by atoms with E-state index in [4.69, 9.17) is 37.9 Å². The van der Waals surface area contributed by atoms with Gasteiger partial charge in [0.2, 0.25) is 0 Å². The van der Waals surface area contributed by atoms with Gasteiger partial charge in [-0.1, -0.05) is 78.3 Å². The summed E-state index contributed by atoms with van der Waals surface area (Å²) in [6.45, 7) is 8.74. The molecule has 2 saturated heterocycles. The number of nitrogens with one attached hydrogen (secondary N) is 3. The number of anilines is 2. The molecule has 5 heterocycles. The van der Waals surface area contributed by atoms with E-state index in [2.05, 4.69) is 38.6 Å². The van der Waals surface area contributed by atoms with Crippen molar-refractivity contribution in [2.24, 2.45) is 0 Å². The van der Waals surface area contributed by atoms with E-state index in [1.54, 1.807) is 6.20 Å². The van der Waals surface area contributed by atoms with E-state index < -0.39 is 0 Å². The molecule has 2 aliphatic heterocycles. The van der Waals surface area contributed by atoms with Crippen LogP contribution in [0.15, 0.2) is 110 Å². The van der Waals surface area contributed by atoms with Crippen molar-refractivity contribution in [3.05, 3.63) is 131 Å². The second kappa shape index (κ2) is 15.1. The minimum Gasteiger partial charge on any atom is -0.384 e. The fraction of sp³-hybridized carbons (Fsp3) is 0.262. The highest BCUT2D eigenvalue weighted by molar-refractivity contribution is 6.31. The van der Waals surface area contributed by atoms with Crippen molar-refractivity contribution in [1.29, 1.82) is 0 Å². The van der Waals surface area contributed by atoms with Gasteiger partial charge in [0.05, 0.1) is 35.5 Å². The number of ether oxygens (including phenoxy) is 1. The third-order valence-electron chi connectivity index (χ3n) is 10.4. The molecule has 2 atom stereocenters. The number of imidazole rings is 1. The number of aromatic nitrogens is 4. The fourth-order valence-corrected chi connectivity index (χ4v) is 7.87. The molecule has 8 rings (SSSR count). The number of aromatic amines is 1. The quantitative estimate of drug-likeness (QED) is 0.129. The average Bonchev–Trinajstić information content (AvgIpc) is 3.95. The summed E-state index contributed by atoms with van der Waals surface area (Å²) in [6, 6.07) is 27.4. The van der Waals surface area contributed by atoms with E-state index in [-0.39, 0.29) is 18.1 Å². The Hall–Kier alpha value is -5.09. The van der Waals surface area contributed by atoms with E-state index in [0.717, 1.165) is 95.9 Å². The number of piperidine rings is 1. The molecule has 3 N–H and O–H groups in total. The zero-order chi connectivity index (χ0) is 36.5. The number of benzene rings is 3. The lowest BCUT2D eigenvalue weighted by Gasteiger charge is -2.35. The number of pyridine rings is 1. The number of fused-ring (bicyclic) bond motifs is 1. The first kappa shape index (κ1) is 35.0. The Morgan fingerprint density at radius 1 is 0.962 bits per heavy atom. The maximum atomic E-state index is 14.7. The van der Waals surface area contributed by atoms with Gasteiger partial charge in [0.25, 0.3) is 5.91 Å². The lowest BCUT2D eigenvalue weighted by Crippen LogP contribution is -2.44. The number of halogens is 2. The summed E-state index contributed by atoms with van der Waals surface area (Å²) in [5, 5.41) is 8.93. The maximum Gasteiger partial charge on any atom is 0.272 e. The van der Waals surface area contributed by atoms with Gasteiger partial charge in [-0.2, -0.15) is 0 Å². The summed E-state index contributed by atoms with van der Waals surface area (Å²) in [5.74, 6) is 0.446. The number of amides is 1. The third kappa shape index (κ3) is 7.17. The highest BCUT2D eigenvalue weighted by Crippen LogP contribution is 2.42. The molecule has 53 heavy (non-hydrogen) atoms. The first-order chi connectivity index (χ1) is 25.8. The Morgan fingerprint density at radius 2 is 1.74 bits per heavy atom. The van der Waals surface area contributed by atoms with Gasteiger partial charge in [0.15, 0.2) is 5.82 Å². The summed E-state index contributed by atoms with van der Waals surface area (Å²) in [5.41, 5.74) is 7.05. The molecule has 3 aromatic heterocycles. The molecule has 270 valence electrons. The first-order valence-corrected chi connectivity index (χ1v) is 18.9. The summed E-state index contributed by atoms with van der Waals surface area (Å²) >= 11 is 12.8. The van der Waals surface area contributed by atoms with E-state index in [9.17, 15) is 4.79 Å². The molecule has 1 unspecified atom stereocenters. The predicted molar refractivity (Wildman–Crippen MR) is 214 cm³/mol. The van der Waals surface area contributed by atoms with Crippen LogP contribution in [0.5, 0.6) is 0 Å². The van der Waals surface area contributed by atoms with Crippen LogP contribution < -0.4 is 15.5 Å². The smallest absolute Gasteiger partial charge is 0.272 e. The molecule has 1 amide bonds. The molecule has 0 saturated carbocycles. The van der Waals surface area contributed by atoms with E-state index >= 15 is 0 Å². The number of carbonyl (C=O) groups is 1. The van der Waals surface area contributed by atoms with Crippen LogP contribution in [0.4, 0.5) is 11.5 Å². The lowest BCUT2D eigenvalue weighted by molar-refractivity contribution is 0.102. The topological polar surface area (TPSA) is 100 Å². The Labute approximate surface area is 319 Å². The summed E-state index contributed by atoms with van der Waals surface area (Å²) < 4.78 is 7.95. The number of hydrogen-bond acceptors (Lipinski definition) is 6. The van der Waals surface area contributed by atoms with Gasteiger partial charge in [0.1, 0.15) is 5.69 Å². The largest absolute Gasteiger partial charge is 0.384 e. The molecule has 0 aliphatic carbocycles. The minimum atomic E-state index is -0.295. The van der Waals surface area contributed by atoms with E-state index in [1.165, 1.54) is 0 Å². The van der Waals surface area contributed by atoms with Crippen LogP contribution in [0.2, 0.25) is 10.0 Å². The number of carbonyl (C=O) groups excluding carboxylic acids is 1. The highest BCUT2D eigenvalue weighted by atomic mass is 35.5. The second-order valence-corrected chi connectivity index (χ2v) is 14.6. The number of rotatable bonds is 10. The Morgan fingerprint density at radius 3 is 2.49 bits per heavy atom. The van der Waals surface area contributed by atoms with Gasteiger partial charge in [-0.05, 0) is 74.6 Å². The maximum absolute atomic E-state index is 14.7. The van der Waals surface area contributed by atoms with Gasteiger partial charge in [-0.3, -0.25) is 4.79 Å². The van der Waals surface area contributed by atoms with Gasteiger partial charge in [-0.15, -0.1) is 0 Å². The SMILES string of the molecule is C=C(NC1CCN(c2ncccc2NC(=O)c2[nH]c3cc(Cl)ccc3c2-c2c(-c3ccccc3)ncn2C(C)c2ccc(Cl)cc2)CC1)[C@@H]1CCCO1. The summed E-state index contributed by atoms with van der Waals surface area (Å²) in [6.07, 6.45) is 7.64. The van der Waals surface area contributed by atoms with Crippen molar-refractivity contribution in [3.63, 3.8) is 0 Å². The van der Waals surface area contributed by atoms with E-state index in [1.807, 2.05) is 91.3 Å². The van der Waals surface area contributed by atoms with Gasteiger partial charge in [0, 0.05) is 69.7 Å². The fourth-order valence-electron chi connectivity index (χ4n) is 7.57. The second-order valence-electron chi connectivity index (χ2n) is 13.8. The molecule has 2 fully saturated rings. The van der Waals surface area contributed by atoms with Crippen LogP contribution in [0, 0.1) is 0 Å². The molecule has 0 bridgehead atoms. The van der Waals surface area contributed by atoms with Crippen molar-refractivity contribution in [1.82, 2.24) is 24.8 Å². The molecule has 0 radical (unpaired) electrons. The van der Waals surface area contributed by atoms with Crippen LogP contribution in [-0.2, 0) is 4.74 Å². The van der Waals surface area contributed by atoms with Gasteiger partial charge < -0.3 is 29.8 Å².